The molecule has 0 saturated carbocycles. The summed E-state index contributed by atoms with van der Waals surface area (Å²) in [5.41, 5.74) is 5.18. The Labute approximate surface area is 110 Å². The molecule has 0 aliphatic rings. The molecule has 0 aliphatic carbocycles. The molecule has 0 rings (SSSR count). The van der Waals surface area contributed by atoms with E-state index in [1.54, 1.807) is 0 Å². The average Bonchev–Trinajstić information content (AvgIpc) is 2.34. The molecule has 4 N–H and O–H groups in total. The normalized spacial score (nSPS) is 11.9. The molecule has 0 aromatic carbocycles. The van der Waals surface area contributed by atoms with Crippen molar-refractivity contribution in [1.29, 1.82) is 0 Å². The minimum atomic E-state index is -1.26. The number of aliphatic hydroxyl groups excluding tert-OH is 1. The van der Waals surface area contributed by atoms with Crippen LogP contribution in [-0.2, 0) is 19.2 Å². The van der Waals surface area contributed by atoms with Crippen molar-refractivity contribution < 1.29 is 29.4 Å². The molecule has 0 radical (unpaired) electrons. The van der Waals surface area contributed by atoms with Gasteiger partial charge in [0.15, 0.2) is 0 Å². The van der Waals surface area contributed by atoms with Gasteiger partial charge in [0.25, 0.3) is 0 Å². The van der Waals surface area contributed by atoms with Crippen LogP contribution in [0.15, 0.2) is 0 Å². The van der Waals surface area contributed by atoms with Gasteiger partial charge in [-0.15, -0.1) is 0 Å². The number of hydrogen-bond donors (Lipinski definition) is 3. The number of carbonyl (C=O) groups is 4. The SMILES string of the molecule is N[C@@H](CC(=O)CCC(=O)CCC(=O)CCO)C(=O)O. The van der Waals surface area contributed by atoms with E-state index in [0.717, 1.165) is 0 Å². The Morgan fingerprint density at radius 2 is 1.26 bits per heavy atom. The zero-order valence-corrected chi connectivity index (χ0v) is 10.6. The third-order valence-electron chi connectivity index (χ3n) is 2.52. The maximum Gasteiger partial charge on any atom is 0.320 e. The Kier molecular flexibility index (Phi) is 8.56. The molecular formula is C12H19NO6. The molecule has 1 atom stereocenters. The summed E-state index contributed by atoms with van der Waals surface area (Å²) in [6.45, 7) is -0.238. The first-order valence-corrected chi connectivity index (χ1v) is 6.01. The molecule has 108 valence electrons. The zero-order chi connectivity index (χ0) is 14.8. The van der Waals surface area contributed by atoms with Crippen molar-refractivity contribution in [1.82, 2.24) is 0 Å². The Bertz CT molecular complexity index is 352. The Balaban J connectivity index is 3.81. The van der Waals surface area contributed by atoms with Gasteiger partial charge >= 0.3 is 5.97 Å². The smallest absolute Gasteiger partial charge is 0.320 e. The van der Waals surface area contributed by atoms with Crippen LogP contribution in [0.25, 0.3) is 0 Å². The lowest BCUT2D eigenvalue weighted by Crippen LogP contribution is -2.32. The number of nitrogens with two attached hydrogens (primary N) is 1. The number of carbonyl (C=O) groups excluding carboxylic acids is 3. The number of carboxylic acids is 1. The highest BCUT2D eigenvalue weighted by Gasteiger charge is 2.17. The third kappa shape index (κ3) is 9.04. The average molecular weight is 273 g/mol. The first kappa shape index (κ1) is 17.4. The molecule has 0 unspecified atom stereocenters. The van der Waals surface area contributed by atoms with Crippen molar-refractivity contribution in [2.75, 3.05) is 6.61 Å². The summed E-state index contributed by atoms with van der Waals surface area (Å²) < 4.78 is 0. The van der Waals surface area contributed by atoms with Gasteiger partial charge in [0.05, 0.1) is 0 Å². The van der Waals surface area contributed by atoms with Crippen molar-refractivity contribution in [3.63, 3.8) is 0 Å². The second-order valence-electron chi connectivity index (χ2n) is 4.24. The van der Waals surface area contributed by atoms with E-state index in [1.165, 1.54) is 0 Å². The molecule has 0 aromatic rings. The summed E-state index contributed by atoms with van der Waals surface area (Å²) in [6, 6.07) is -1.24. The molecule has 0 spiro atoms. The zero-order valence-electron chi connectivity index (χ0n) is 10.6. The van der Waals surface area contributed by atoms with Crippen LogP contribution in [0.1, 0.15) is 38.5 Å². The van der Waals surface area contributed by atoms with E-state index >= 15 is 0 Å². The molecule has 0 saturated heterocycles. The van der Waals surface area contributed by atoms with Gasteiger partial charge in [0, 0.05) is 45.1 Å². The maximum absolute atomic E-state index is 11.4. The Hall–Kier alpha value is -1.60. The second kappa shape index (κ2) is 9.35. The lowest BCUT2D eigenvalue weighted by Gasteiger charge is -2.05. The molecule has 0 aliphatic heterocycles. The first-order valence-electron chi connectivity index (χ1n) is 6.01. The molecule has 0 aromatic heterocycles. The fourth-order valence-electron chi connectivity index (χ4n) is 1.37. The summed E-state index contributed by atoms with van der Waals surface area (Å²) in [4.78, 5) is 44.1. The van der Waals surface area contributed by atoms with Crippen molar-refractivity contribution in [3.8, 4) is 0 Å². The topological polar surface area (TPSA) is 135 Å². The molecule has 0 heterocycles. The Morgan fingerprint density at radius 3 is 1.68 bits per heavy atom. The van der Waals surface area contributed by atoms with Crippen LogP contribution in [0.4, 0.5) is 0 Å². The van der Waals surface area contributed by atoms with Crippen LogP contribution in [0.3, 0.4) is 0 Å². The minimum Gasteiger partial charge on any atom is -0.480 e. The van der Waals surface area contributed by atoms with Gasteiger partial charge in [-0.05, 0) is 0 Å². The van der Waals surface area contributed by atoms with E-state index in [2.05, 4.69) is 0 Å². The van der Waals surface area contributed by atoms with Crippen LogP contribution >= 0.6 is 0 Å². The van der Waals surface area contributed by atoms with Crippen molar-refractivity contribution >= 4 is 23.3 Å². The van der Waals surface area contributed by atoms with Crippen LogP contribution in [0.5, 0.6) is 0 Å². The number of ketones is 3. The predicted octanol–water partition coefficient (Wildman–Crippen LogP) is -0.562. The highest BCUT2D eigenvalue weighted by molar-refractivity contribution is 5.90. The van der Waals surface area contributed by atoms with Crippen molar-refractivity contribution in [2.45, 2.75) is 44.6 Å². The largest absolute Gasteiger partial charge is 0.480 e. The highest BCUT2D eigenvalue weighted by Crippen LogP contribution is 2.04. The van der Waals surface area contributed by atoms with Gasteiger partial charge in [0.2, 0.25) is 0 Å². The van der Waals surface area contributed by atoms with E-state index in [0.29, 0.717) is 0 Å². The monoisotopic (exact) mass is 273 g/mol. The maximum atomic E-state index is 11.4. The summed E-state index contributed by atoms with van der Waals surface area (Å²) in [5.74, 6) is -2.07. The quantitative estimate of drug-likeness (QED) is 0.459. The van der Waals surface area contributed by atoms with Crippen LogP contribution in [0, 0.1) is 0 Å². The fraction of sp³-hybridized carbons (Fsp3) is 0.667. The first-order chi connectivity index (χ1) is 8.86. The lowest BCUT2D eigenvalue weighted by atomic mass is 10.0. The number of carboxylic acid groups (broad SMARTS) is 1. The van der Waals surface area contributed by atoms with E-state index in [4.69, 9.17) is 15.9 Å². The summed E-state index contributed by atoms with van der Waals surface area (Å²) in [7, 11) is 0. The van der Waals surface area contributed by atoms with Crippen molar-refractivity contribution in [3.05, 3.63) is 0 Å². The van der Waals surface area contributed by atoms with Crippen LogP contribution < -0.4 is 5.73 Å². The molecule has 19 heavy (non-hydrogen) atoms. The van der Waals surface area contributed by atoms with Gasteiger partial charge in [-0.2, -0.15) is 0 Å². The van der Waals surface area contributed by atoms with Gasteiger partial charge in [0.1, 0.15) is 23.4 Å². The van der Waals surface area contributed by atoms with Gasteiger partial charge in [-0.1, -0.05) is 0 Å². The van der Waals surface area contributed by atoms with Gasteiger partial charge in [-0.25, -0.2) is 0 Å². The third-order valence-corrected chi connectivity index (χ3v) is 2.52. The number of Topliss-reactive ketones (excluding diaryl/α,β-unsaturated/α-hetero) is 3. The second-order valence-corrected chi connectivity index (χ2v) is 4.24. The van der Waals surface area contributed by atoms with E-state index in [-0.39, 0.29) is 62.5 Å². The minimum absolute atomic E-state index is 0.0163. The lowest BCUT2D eigenvalue weighted by molar-refractivity contribution is -0.140. The number of hydrogen-bond acceptors (Lipinski definition) is 6. The molecule has 7 nitrogen and oxygen atoms in total. The standard InChI is InChI=1S/C12H19NO6/c13-11(12(18)19)7-10(17)4-3-8(15)1-2-9(16)5-6-14/h11,14H,1-7,13H2,(H,18,19)/t11-/m0/s1. The molecule has 0 amide bonds. The summed E-state index contributed by atoms with van der Waals surface area (Å²) in [5, 5.41) is 17.0. The van der Waals surface area contributed by atoms with Crippen LogP contribution in [0.2, 0.25) is 0 Å². The Morgan fingerprint density at radius 1 is 0.842 bits per heavy atom. The predicted molar refractivity (Wildman–Crippen MR) is 65.4 cm³/mol. The number of rotatable bonds is 11. The summed E-state index contributed by atoms with van der Waals surface area (Å²) in [6.07, 6.45) is -0.253. The number of aliphatic hydroxyl groups is 1. The molecule has 7 heteroatoms. The molecular weight excluding hydrogens is 254 g/mol. The van der Waals surface area contributed by atoms with Gasteiger partial charge in [-0.3, -0.25) is 19.2 Å². The van der Waals surface area contributed by atoms with Crippen molar-refractivity contribution in [2.24, 2.45) is 5.73 Å². The summed E-state index contributed by atoms with van der Waals surface area (Å²) >= 11 is 0. The molecule has 0 bridgehead atoms. The van der Waals surface area contributed by atoms with E-state index < -0.39 is 12.0 Å². The van der Waals surface area contributed by atoms with E-state index in [1.807, 2.05) is 0 Å². The number of aliphatic carboxylic acids is 1. The van der Waals surface area contributed by atoms with Gasteiger partial charge < -0.3 is 15.9 Å². The fourth-order valence-corrected chi connectivity index (χ4v) is 1.37. The van der Waals surface area contributed by atoms with Crippen LogP contribution in [-0.4, -0.2) is 46.2 Å². The molecule has 0 fully saturated rings. The van der Waals surface area contributed by atoms with E-state index in [9.17, 15) is 19.2 Å². The highest BCUT2D eigenvalue weighted by atomic mass is 16.4.